The molecule has 196 valence electrons. The molecule has 2 aliphatic heterocycles. The molecule has 3 fully saturated rings. The van der Waals surface area contributed by atoms with Gasteiger partial charge in [0.25, 0.3) is 0 Å². The van der Waals surface area contributed by atoms with E-state index in [0.717, 1.165) is 68.6 Å². The van der Waals surface area contributed by atoms with Crippen LogP contribution in [0.1, 0.15) is 43.7 Å². The van der Waals surface area contributed by atoms with E-state index >= 15 is 0 Å². The van der Waals surface area contributed by atoms with Gasteiger partial charge in [-0.1, -0.05) is 13.3 Å². The van der Waals surface area contributed by atoms with Gasteiger partial charge in [0.05, 0.1) is 12.8 Å². The summed E-state index contributed by atoms with van der Waals surface area (Å²) in [7, 11) is 1.92. The van der Waals surface area contributed by atoms with Crippen molar-refractivity contribution in [3.05, 3.63) is 47.9 Å². The van der Waals surface area contributed by atoms with E-state index in [0.29, 0.717) is 11.7 Å². The number of carbonyl (C=O) groups excluding carboxylic acids is 1. The smallest absolute Gasteiger partial charge is 0.229 e. The number of fused-ring (bicyclic) bond motifs is 1. The van der Waals surface area contributed by atoms with Crippen molar-refractivity contribution in [3.8, 4) is 0 Å². The van der Waals surface area contributed by atoms with Crippen LogP contribution >= 0.6 is 0 Å². The van der Waals surface area contributed by atoms with Gasteiger partial charge in [-0.3, -0.25) is 14.4 Å². The fraction of sp³-hybridized carbons (Fsp3) is 0.552. The van der Waals surface area contributed by atoms with Crippen LogP contribution in [0.3, 0.4) is 0 Å². The van der Waals surface area contributed by atoms with E-state index < -0.39 is 0 Å². The highest BCUT2D eigenvalue weighted by atomic mass is 16.5. The minimum atomic E-state index is -0.0244. The van der Waals surface area contributed by atoms with Crippen LogP contribution in [-0.4, -0.2) is 70.5 Å². The average Bonchev–Trinajstić information content (AvgIpc) is 3.18. The largest absolute Gasteiger partial charge is 0.379 e. The number of rotatable bonds is 6. The van der Waals surface area contributed by atoms with Crippen LogP contribution in [0.2, 0.25) is 0 Å². The maximum Gasteiger partial charge on any atom is 0.229 e. The molecule has 0 radical (unpaired) electrons. The standard InChI is InChI=1S/C29H38N6O2/c1-5-23-26(22-16-31-33(4)17-22)27(23)28(36)32-25-14-20-13-24(19(2)12-21(20)15-30-25)34-7-9-35(10-8-34)29(3)6-11-37-18-29/h12-17,23,26-27H,5-11,18H2,1-4H3,(H,30,32,36)/t23-,26+,27+,29+/m0/s1. The third-order valence-electron chi connectivity index (χ3n) is 8.92. The average molecular weight is 503 g/mol. The van der Waals surface area contributed by atoms with Crippen LogP contribution < -0.4 is 10.2 Å². The number of nitrogens with one attached hydrogen (secondary N) is 1. The molecule has 3 aliphatic rings. The molecule has 2 saturated heterocycles. The summed E-state index contributed by atoms with van der Waals surface area (Å²) in [5.41, 5.74) is 3.86. The molecule has 8 heteroatoms. The lowest BCUT2D eigenvalue weighted by Gasteiger charge is -2.44. The number of carbonyl (C=O) groups is 1. The summed E-state index contributed by atoms with van der Waals surface area (Å²) in [5.74, 6) is 1.25. The Morgan fingerprint density at radius 3 is 2.65 bits per heavy atom. The lowest BCUT2D eigenvalue weighted by atomic mass is 9.97. The molecule has 2 aromatic heterocycles. The molecule has 1 saturated carbocycles. The van der Waals surface area contributed by atoms with E-state index in [1.165, 1.54) is 11.3 Å². The lowest BCUT2D eigenvalue weighted by Crippen LogP contribution is -2.56. The number of piperazine rings is 1. The van der Waals surface area contributed by atoms with Crippen molar-refractivity contribution in [1.82, 2.24) is 19.7 Å². The maximum absolute atomic E-state index is 13.2. The topological polar surface area (TPSA) is 75.5 Å². The molecule has 4 atom stereocenters. The van der Waals surface area contributed by atoms with Crippen molar-refractivity contribution in [2.75, 3.05) is 49.6 Å². The molecule has 0 unspecified atom stereocenters. The highest BCUT2D eigenvalue weighted by Crippen LogP contribution is 2.56. The molecule has 1 aromatic carbocycles. The number of aromatic nitrogens is 3. The molecule has 3 aromatic rings. The Balaban J connectivity index is 1.16. The first-order valence-corrected chi connectivity index (χ1v) is 13.6. The number of anilines is 2. The summed E-state index contributed by atoms with van der Waals surface area (Å²) in [5, 5.41) is 9.62. The number of pyridine rings is 1. The van der Waals surface area contributed by atoms with Gasteiger partial charge >= 0.3 is 0 Å². The van der Waals surface area contributed by atoms with Gasteiger partial charge in [0.2, 0.25) is 5.91 Å². The van der Waals surface area contributed by atoms with Crippen LogP contribution in [0.15, 0.2) is 36.8 Å². The van der Waals surface area contributed by atoms with E-state index in [4.69, 9.17) is 4.74 Å². The highest BCUT2D eigenvalue weighted by molar-refractivity contribution is 5.97. The summed E-state index contributed by atoms with van der Waals surface area (Å²) in [4.78, 5) is 22.9. The molecule has 1 aliphatic carbocycles. The van der Waals surface area contributed by atoms with Gasteiger partial charge in [0, 0.05) is 80.7 Å². The number of benzene rings is 1. The third-order valence-corrected chi connectivity index (χ3v) is 8.92. The molecule has 0 spiro atoms. The van der Waals surface area contributed by atoms with Crippen molar-refractivity contribution in [2.45, 2.75) is 45.1 Å². The van der Waals surface area contributed by atoms with Crippen LogP contribution in [0, 0.1) is 18.8 Å². The second-order valence-corrected chi connectivity index (χ2v) is 11.4. The Morgan fingerprint density at radius 2 is 1.97 bits per heavy atom. The number of nitrogens with zero attached hydrogens (tertiary/aromatic N) is 5. The summed E-state index contributed by atoms with van der Waals surface area (Å²) < 4.78 is 7.50. The fourth-order valence-electron chi connectivity index (χ4n) is 6.61. The van der Waals surface area contributed by atoms with Crippen molar-refractivity contribution in [3.63, 3.8) is 0 Å². The Hall–Kier alpha value is -2.97. The zero-order chi connectivity index (χ0) is 25.7. The van der Waals surface area contributed by atoms with E-state index in [-0.39, 0.29) is 23.3 Å². The van der Waals surface area contributed by atoms with Gasteiger partial charge in [0.15, 0.2) is 0 Å². The molecular formula is C29H38N6O2. The number of aryl methyl sites for hydroxylation is 2. The van der Waals surface area contributed by atoms with Gasteiger partial charge < -0.3 is 15.0 Å². The summed E-state index contributed by atoms with van der Waals surface area (Å²) >= 11 is 0. The molecule has 1 amide bonds. The van der Waals surface area contributed by atoms with Gasteiger partial charge in [-0.15, -0.1) is 0 Å². The molecule has 0 bridgehead atoms. The number of ether oxygens (including phenoxy) is 1. The SMILES string of the molecule is CC[C@@H]1[C@@H](C(=O)Nc2cc3cc(N4CCN([C@]5(C)CCOC5)CC4)c(C)cc3cn2)[C@@H]1c1cnn(C)c1. The van der Waals surface area contributed by atoms with Crippen LogP contribution in [-0.2, 0) is 16.6 Å². The molecule has 6 rings (SSSR count). The van der Waals surface area contributed by atoms with Gasteiger partial charge in [-0.25, -0.2) is 4.98 Å². The fourth-order valence-corrected chi connectivity index (χ4v) is 6.61. The van der Waals surface area contributed by atoms with Crippen LogP contribution in [0.4, 0.5) is 11.5 Å². The number of amides is 1. The summed E-state index contributed by atoms with van der Waals surface area (Å²) in [6, 6.07) is 6.50. The Morgan fingerprint density at radius 1 is 1.16 bits per heavy atom. The third kappa shape index (κ3) is 4.50. The second kappa shape index (κ2) is 9.40. The quantitative estimate of drug-likeness (QED) is 0.550. The minimum Gasteiger partial charge on any atom is -0.379 e. The first-order valence-electron chi connectivity index (χ1n) is 13.6. The Labute approximate surface area is 219 Å². The molecule has 1 N–H and O–H groups in total. The highest BCUT2D eigenvalue weighted by Gasteiger charge is 2.54. The predicted octanol–water partition coefficient (Wildman–Crippen LogP) is 3.96. The van der Waals surface area contributed by atoms with Gasteiger partial charge in [-0.2, -0.15) is 5.10 Å². The van der Waals surface area contributed by atoms with Crippen molar-refractivity contribution in [1.29, 1.82) is 0 Å². The molecule has 8 nitrogen and oxygen atoms in total. The van der Waals surface area contributed by atoms with Gasteiger partial charge in [0.1, 0.15) is 5.82 Å². The maximum atomic E-state index is 13.2. The molecular weight excluding hydrogens is 464 g/mol. The second-order valence-electron chi connectivity index (χ2n) is 11.4. The van der Waals surface area contributed by atoms with E-state index in [1.807, 2.05) is 36.4 Å². The van der Waals surface area contributed by atoms with Crippen molar-refractivity contribution < 1.29 is 9.53 Å². The zero-order valence-electron chi connectivity index (χ0n) is 22.4. The summed E-state index contributed by atoms with van der Waals surface area (Å²) in [6.07, 6.45) is 7.89. The van der Waals surface area contributed by atoms with Crippen LogP contribution in [0.5, 0.6) is 0 Å². The normalized spacial score (nSPS) is 28.1. The van der Waals surface area contributed by atoms with E-state index in [9.17, 15) is 4.79 Å². The first kappa shape index (κ1) is 24.4. The predicted molar refractivity (Wildman–Crippen MR) is 146 cm³/mol. The zero-order valence-corrected chi connectivity index (χ0v) is 22.4. The van der Waals surface area contributed by atoms with Crippen molar-refractivity contribution in [2.24, 2.45) is 18.9 Å². The molecule has 4 heterocycles. The van der Waals surface area contributed by atoms with E-state index in [1.54, 1.807) is 0 Å². The van der Waals surface area contributed by atoms with Crippen LogP contribution in [0.25, 0.3) is 10.8 Å². The Kier molecular flexibility index (Phi) is 6.19. The lowest BCUT2D eigenvalue weighted by molar-refractivity contribution is -0.117. The van der Waals surface area contributed by atoms with Crippen molar-refractivity contribution >= 4 is 28.2 Å². The number of hydrogen-bond acceptors (Lipinski definition) is 6. The Bertz CT molecular complexity index is 1300. The first-order chi connectivity index (χ1) is 17.9. The van der Waals surface area contributed by atoms with Gasteiger partial charge in [-0.05, 0) is 60.9 Å². The monoisotopic (exact) mass is 502 g/mol. The number of hydrogen-bond donors (Lipinski definition) is 1. The summed E-state index contributed by atoms with van der Waals surface area (Å²) in [6.45, 7) is 12.5. The molecule has 37 heavy (non-hydrogen) atoms. The minimum absolute atomic E-state index is 0.0244. The van der Waals surface area contributed by atoms with E-state index in [2.05, 4.69) is 58.1 Å².